The summed E-state index contributed by atoms with van der Waals surface area (Å²) < 4.78 is 5.42. The van der Waals surface area contributed by atoms with Crippen LogP contribution in [0, 0.1) is 6.92 Å². The Morgan fingerprint density at radius 2 is 2.31 bits per heavy atom. The molecule has 1 aromatic heterocycles. The van der Waals surface area contributed by atoms with Crippen LogP contribution in [-0.4, -0.2) is 6.54 Å². The van der Waals surface area contributed by atoms with E-state index in [0.29, 0.717) is 6.04 Å². The standard InChI is InChI=1S/C14H21NO/c1-3-15-14(12-7-5-4-6-8-12)13-9-11(2)16-10-13/h7,9-10,14-15H,3-6,8H2,1-2H3. The second-order valence-electron chi connectivity index (χ2n) is 4.51. The maximum Gasteiger partial charge on any atom is 0.101 e. The lowest BCUT2D eigenvalue weighted by Gasteiger charge is -2.23. The molecule has 1 heterocycles. The highest BCUT2D eigenvalue weighted by Crippen LogP contribution is 2.30. The Bertz CT molecular complexity index is 365. The van der Waals surface area contributed by atoms with E-state index in [-0.39, 0.29) is 0 Å². The van der Waals surface area contributed by atoms with Crippen molar-refractivity contribution in [3.63, 3.8) is 0 Å². The Labute approximate surface area is 97.7 Å². The largest absolute Gasteiger partial charge is 0.469 e. The number of rotatable bonds is 4. The minimum absolute atomic E-state index is 0.364. The van der Waals surface area contributed by atoms with Crippen LogP contribution in [0.2, 0.25) is 0 Å². The molecule has 2 rings (SSSR count). The van der Waals surface area contributed by atoms with E-state index in [9.17, 15) is 0 Å². The fourth-order valence-electron chi connectivity index (χ4n) is 2.41. The van der Waals surface area contributed by atoms with Crippen LogP contribution in [0.4, 0.5) is 0 Å². The summed E-state index contributed by atoms with van der Waals surface area (Å²) in [4.78, 5) is 0. The van der Waals surface area contributed by atoms with Gasteiger partial charge in [-0.1, -0.05) is 18.6 Å². The Morgan fingerprint density at radius 3 is 2.88 bits per heavy atom. The molecule has 0 bridgehead atoms. The van der Waals surface area contributed by atoms with Crippen molar-refractivity contribution in [2.45, 2.75) is 45.6 Å². The molecule has 0 aromatic carbocycles. The van der Waals surface area contributed by atoms with Crippen molar-refractivity contribution in [3.05, 3.63) is 35.3 Å². The first-order valence-electron chi connectivity index (χ1n) is 6.28. The second-order valence-corrected chi connectivity index (χ2v) is 4.51. The van der Waals surface area contributed by atoms with Crippen LogP contribution in [0.3, 0.4) is 0 Å². The Morgan fingerprint density at radius 1 is 1.44 bits per heavy atom. The SMILES string of the molecule is CCNC(C1=CCCCC1)c1coc(C)c1. The van der Waals surface area contributed by atoms with Gasteiger partial charge >= 0.3 is 0 Å². The Hall–Kier alpha value is -1.02. The van der Waals surface area contributed by atoms with Crippen LogP contribution in [0.25, 0.3) is 0 Å². The first-order valence-corrected chi connectivity index (χ1v) is 6.28. The zero-order chi connectivity index (χ0) is 11.4. The van der Waals surface area contributed by atoms with E-state index in [2.05, 4.69) is 24.4 Å². The van der Waals surface area contributed by atoms with Gasteiger partial charge in [0.25, 0.3) is 0 Å². The number of nitrogens with one attached hydrogen (secondary N) is 1. The molecule has 0 aliphatic heterocycles. The van der Waals surface area contributed by atoms with Crippen molar-refractivity contribution in [1.82, 2.24) is 5.32 Å². The van der Waals surface area contributed by atoms with Crippen molar-refractivity contribution < 1.29 is 4.42 Å². The summed E-state index contributed by atoms with van der Waals surface area (Å²) in [5.74, 6) is 0.995. The predicted octanol–water partition coefficient (Wildman–Crippen LogP) is 3.74. The molecule has 16 heavy (non-hydrogen) atoms. The van der Waals surface area contributed by atoms with Crippen molar-refractivity contribution >= 4 is 0 Å². The average molecular weight is 219 g/mol. The van der Waals surface area contributed by atoms with Gasteiger partial charge in [0.15, 0.2) is 0 Å². The smallest absolute Gasteiger partial charge is 0.101 e. The van der Waals surface area contributed by atoms with Gasteiger partial charge in [-0.3, -0.25) is 0 Å². The molecule has 0 fully saturated rings. The minimum Gasteiger partial charge on any atom is -0.469 e. The molecule has 1 aromatic rings. The summed E-state index contributed by atoms with van der Waals surface area (Å²) in [5.41, 5.74) is 2.81. The summed E-state index contributed by atoms with van der Waals surface area (Å²) in [6, 6.07) is 2.51. The van der Waals surface area contributed by atoms with Gasteiger partial charge in [0.05, 0.1) is 12.3 Å². The molecule has 0 saturated heterocycles. The van der Waals surface area contributed by atoms with E-state index in [1.54, 1.807) is 0 Å². The normalized spacial score (nSPS) is 18.2. The highest BCUT2D eigenvalue weighted by molar-refractivity contribution is 5.27. The number of hydrogen-bond acceptors (Lipinski definition) is 2. The van der Waals surface area contributed by atoms with Crippen molar-refractivity contribution in [2.24, 2.45) is 0 Å². The van der Waals surface area contributed by atoms with Crippen LogP contribution in [0.15, 0.2) is 28.4 Å². The van der Waals surface area contributed by atoms with Crippen LogP contribution in [0.1, 0.15) is 50.0 Å². The molecule has 0 radical (unpaired) electrons. The van der Waals surface area contributed by atoms with Crippen molar-refractivity contribution in [3.8, 4) is 0 Å². The quantitative estimate of drug-likeness (QED) is 0.780. The van der Waals surface area contributed by atoms with Crippen molar-refractivity contribution in [2.75, 3.05) is 6.54 Å². The van der Waals surface area contributed by atoms with Crippen LogP contribution >= 0.6 is 0 Å². The number of furan rings is 1. The van der Waals surface area contributed by atoms with E-state index in [0.717, 1.165) is 12.3 Å². The highest BCUT2D eigenvalue weighted by Gasteiger charge is 2.18. The Kier molecular flexibility index (Phi) is 3.83. The molecule has 1 N–H and O–H groups in total. The summed E-state index contributed by atoms with van der Waals surface area (Å²) in [6.45, 7) is 5.15. The molecular weight excluding hydrogens is 198 g/mol. The fraction of sp³-hybridized carbons (Fsp3) is 0.571. The van der Waals surface area contributed by atoms with Gasteiger partial charge in [0, 0.05) is 5.56 Å². The lowest BCUT2D eigenvalue weighted by Crippen LogP contribution is -2.23. The molecule has 0 amide bonds. The highest BCUT2D eigenvalue weighted by atomic mass is 16.3. The van der Waals surface area contributed by atoms with E-state index in [1.807, 2.05) is 13.2 Å². The molecule has 2 heteroatoms. The van der Waals surface area contributed by atoms with Gasteiger partial charge in [-0.05, 0) is 45.2 Å². The maximum atomic E-state index is 5.42. The molecule has 1 atom stereocenters. The number of likely N-dealkylation sites (N-methyl/N-ethyl adjacent to an activating group) is 1. The second kappa shape index (κ2) is 5.35. The lowest BCUT2D eigenvalue weighted by atomic mass is 9.91. The van der Waals surface area contributed by atoms with E-state index < -0.39 is 0 Å². The summed E-state index contributed by atoms with van der Waals surface area (Å²) in [5, 5.41) is 3.55. The molecule has 88 valence electrons. The average Bonchev–Trinajstić information content (AvgIpc) is 2.74. The van der Waals surface area contributed by atoms with Gasteiger partial charge in [-0.2, -0.15) is 0 Å². The third-order valence-corrected chi connectivity index (χ3v) is 3.19. The summed E-state index contributed by atoms with van der Waals surface area (Å²) in [6.07, 6.45) is 9.41. The third-order valence-electron chi connectivity index (χ3n) is 3.19. The van der Waals surface area contributed by atoms with Gasteiger partial charge in [0.2, 0.25) is 0 Å². The van der Waals surface area contributed by atoms with E-state index >= 15 is 0 Å². The van der Waals surface area contributed by atoms with Crippen LogP contribution in [0.5, 0.6) is 0 Å². The molecule has 2 nitrogen and oxygen atoms in total. The molecule has 0 saturated carbocycles. The molecule has 1 aliphatic rings. The van der Waals surface area contributed by atoms with Gasteiger partial charge in [0.1, 0.15) is 5.76 Å². The lowest BCUT2D eigenvalue weighted by molar-refractivity contribution is 0.519. The zero-order valence-electron chi connectivity index (χ0n) is 10.3. The van der Waals surface area contributed by atoms with Gasteiger partial charge in [-0.25, -0.2) is 0 Å². The van der Waals surface area contributed by atoms with E-state index in [4.69, 9.17) is 4.42 Å². The van der Waals surface area contributed by atoms with Crippen LogP contribution in [-0.2, 0) is 0 Å². The zero-order valence-corrected chi connectivity index (χ0v) is 10.3. The monoisotopic (exact) mass is 219 g/mol. The first-order chi connectivity index (χ1) is 7.81. The molecule has 1 unspecified atom stereocenters. The maximum absolute atomic E-state index is 5.42. The number of allylic oxidation sites excluding steroid dienone is 1. The van der Waals surface area contributed by atoms with Crippen LogP contribution < -0.4 is 5.32 Å². The molecule has 1 aliphatic carbocycles. The molecular formula is C14H21NO. The minimum atomic E-state index is 0.364. The Balaban J connectivity index is 2.19. The summed E-state index contributed by atoms with van der Waals surface area (Å²) >= 11 is 0. The topological polar surface area (TPSA) is 25.2 Å². The van der Waals surface area contributed by atoms with Gasteiger partial charge in [-0.15, -0.1) is 0 Å². The number of aryl methyl sites for hydroxylation is 1. The van der Waals surface area contributed by atoms with E-state index in [1.165, 1.54) is 36.8 Å². The fourth-order valence-corrected chi connectivity index (χ4v) is 2.41. The first kappa shape index (κ1) is 11.5. The molecule has 0 spiro atoms. The van der Waals surface area contributed by atoms with Gasteiger partial charge < -0.3 is 9.73 Å². The number of hydrogen-bond donors (Lipinski definition) is 1. The predicted molar refractivity (Wildman–Crippen MR) is 66.4 cm³/mol. The van der Waals surface area contributed by atoms with Crippen molar-refractivity contribution in [1.29, 1.82) is 0 Å². The third kappa shape index (κ3) is 2.56. The summed E-state index contributed by atoms with van der Waals surface area (Å²) in [7, 11) is 0.